The van der Waals surface area contributed by atoms with Gasteiger partial charge in [0.1, 0.15) is 11.4 Å². The van der Waals surface area contributed by atoms with Gasteiger partial charge in [0.2, 0.25) is 5.82 Å². The molecule has 1 N–H and O–H groups in total. The van der Waals surface area contributed by atoms with Gasteiger partial charge in [0.05, 0.1) is 5.56 Å². The Labute approximate surface area is 130 Å². The molecule has 1 aromatic carbocycles. The molecule has 7 heteroatoms. The Hall–Kier alpha value is -1.73. The predicted octanol–water partition coefficient (Wildman–Crippen LogP) is 4.03. The van der Waals surface area contributed by atoms with Crippen LogP contribution in [-0.4, -0.2) is 20.2 Å². The summed E-state index contributed by atoms with van der Waals surface area (Å²) in [6, 6.07) is 8.63. The predicted molar refractivity (Wildman–Crippen MR) is 80.0 cm³/mol. The average Bonchev–Trinajstić information content (AvgIpc) is 2.91. The van der Waals surface area contributed by atoms with Crippen molar-refractivity contribution in [3.05, 3.63) is 45.5 Å². The number of aromatic nitrogens is 3. The highest BCUT2D eigenvalue weighted by Gasteiger charge is 2.16. The summed E-state index contributed by atoms with van der Waals surface area (Å²) in [5.74, 6) is 0.659. The number of phenols is 1. The van der Waals surface area contributed by atoms with Gasteiger partial charge in [0, 0.05) is 15.1 Å². The fraction of sp³-hybridized carbons (Fsp3) is 0. The molecule has 0 saturated heterocycles. The number of pyridine rings is 1. The van der Waals surface area contributed by atoms with Crippen molar-refractivity contribution in [2.45, 2.75) is 0 Å². The summed E-state index contributed by atoms with van der Waals surface area (Å²) in [4.78, 5) is 8.45. The molecular formula is C13H7Br2N3O2. The lowest BCUT2D eigenvalue weighted by Gasteiger charge is -1.99. The third kappa shape index (κ3) is 2.46. The summed E-state index contributed by atoms with van der Waals surface area (Å²) in [6.45, 7) is 0. The smallest absolute Gasteiger partial charge is 0.262 e. The minimum Gasteiger partial charge on any atom is -0.507 e. The van der Waals surface area contributed by atoms with E-state index in [1.54, 1.807) is 30.5 Å². The average molecular weight is 397 g/mol. The molecule has 0 aliphatic heterocycles. The van der Waals surface area contributed by atoms with E-state index in [4.69, 9.17) is 4.52 Å². The number of halogens is 2. The SMILES string of the molecule is Oc1ccc(Br)cc1-c1nc(-c2ncccc2Br)no1. The second kappa shape index (κ2) is 5.34. The first-order chi connectivity index (χ1) is 9.65. The number of benzene rings is 1. The lowest BCUT2D eigenvalue weighted by molar-refractivity contribution is 0.425. The van der Waals surface area contributed by atoms with Crippen molar-refractivity contribution in [3.63, 3.8) is 0 Å². The summed E-state index contributed by atoms with van der Waals surface area (Å²) in [7, 11) is 0. The number of rotatable bonds is 2. The van der Waals surface area contributed by atoms with E-state index in [1.807, 2.05) is 6.07 Å². The first-order valence-corrected chi connectivity index (χ1v) is 7.17. The van der Waals surface area contributed by atoms with E-state index in [9.17, 15) is 5.11 Å². The van der Waals surface area contributed by atoms with Crippen molar-refractivity contribution < 1.29 is 9.63 Å². The highest BCUT2D eigenvalue weighted by atomic mass is 79.9. The highest BCUT2D eigenvalue weighted by molar-refractivity contribution is 9.10. The molecule has 2 aromatic heterocycles. The van der Waals surface area contributed by atoms with Crippen LogP contribution in [0.5, 0.6) is 5.75 Å². The Morgan fingerprint density at radius 1 is 1.15 bits per heavy atom. The lowest BCUT2D eigenvalue weighted by atomic mass is 10.2. The van der Waals surface area contributed by atoms with Crippen LogP contribution in [0.4, 0.5) is 0 Å². The van der Waals surface area contributed by atoms with Gasteiger partial charge in [-0.05, 0) is 46.3 Å². The highest BCUT2D eigenvalue weighted by Crippen LogP contribution is 2.32. The van der Waals surface area contributed by atoms with Crippen LogP contribution in [0.15, 0.2) is 50.0 Å². The summed E-state index contributed by atoms with van der Waals surface area (Å²) >= 11 is 6.72. The third-order valence-corrected chi connectivity index (χ3v) is 3.72. The third-order valence-electron chi connectivity index (χ3n) is 2.59. The van der Waals surface area contributed by atoms with E-state index in [0.29, 0.717) is 17.1 Å². The Bertz CT molecular complexity index is 774. The molecule has 20 heavy (non-hydrogen) atoms. The summed E-state index contributed by atoms with van der Waals surface area (Å²) in [5.41, 5.74) is 1.04. The van der Waals surface area contributed by atoms with E-state index < -0.39 is 0 Å². The summed E-state index contributed by atoms with van der Waals surface area (Å²) in [5, 5.41) is 13.7. The molecule has 0 atom stereocenters. The molecule has 0 radical (unpaired) electrons. The van der Waals surface area contributed by atoms with Gasteiger partial charge in [0.15, 0.2) is 0 Å². The van der Waals surface area contributed by atoms with Gasteiger partial charge in [-0.15, -0.1) is 0 Å². The first kappa shape index (κ1) is 13.3. The van der Waals surface area contributed by atoms with Gasteiger partial charge in [-0.1, -0.05) is 21.1 Å². The fourth-order valence-corrected chi connectivity index (χ4v) is 2.45. The molecule has 5 nitrogen and oxygen atoms in total. The van der Waals surface area contributed by atoms with Crippen LogP contribution in [0.2, 0.25) is 0 Å². The van der Waals surface area contributed by atoms with Gasteiger partial charge >= 0.3 is 0 Å². The number of aromatic hydroxyl groups is 1. The second-order valence-corrected chi connectivity index (χ2v) is 5.69. The quantitative estimate of drug-likeness (QED) is 0.707. The lowest BCUT2D eigenvalue weighted by Crippen LogP contribution is -1.87. The maximum Gasteiger partial charge on any atom is 0.262 e. The number of phenolic OH excluding ortho intramolecular Hbond substituents is 1. The summed E-state index contributed by atoms with van der Waals surface area (Å²) < 4.78 is 6.77. The van der Waals surface area contributed by atoms with E-state index in [-0.39, 0.29) is 11.6 Å². The molecular weight excluding hydrogens is 390 g/mol. The van der Waals surface area contributed by atoms with E-state index >= 15 is 0 Å². The van der Waals surface area contributed by atoms with Crippen molar-refractivity contribution in [1.29, 1.82) is 0 Å². The van der Waals surface area contributed by atoms with E-state index in [2.05, 4.69) is 47.0 Å². The van der Waals surface area contributed by atoms with Crippen LogP contribution in [0.25, 0.3) is 23.0 Å². The Morgan fingerprint density at radius 3 is 2.80 bits per heavy atom. The maximum atomic E-state index is 9.85. The van der Waals surface area contributed by atoms with E-state index in [0.717, 1.165) is 8.95 Å². The number of hydrogen-bond acceptors (Lipinski definition) is 5. The summed E-state index contributed by atoms with van der Waals surface area (Å²) in [6.07, 6.45) is 1.65. The van der Waals surface area contributed by atoms with Crippen molar-refractivity contribution in [2.24, 2.45) is 0 Å². The van der Waals surface area contributed by atoms with Crippen LogP contribution in [0.1, 0.15) is 0 Å². The molecule has 100 valence electrons. The van der Waals surface area contributed by atoms with Crippen LogP contribution >= 0.6 is 31.9 Å². The normalized spacial score (nSPS) is 10.7. The van der Waals surface area contributed by atoms with Crippen molar-refractivity contribution in [3.8, 4) is 28.7 Å². The minimum absolute atomic E-state index is 0.0727. The van der Waals surface area contributed by atoms with Gasteiger partial charge in [-0.25, -0.2) is 0 Å². The Balaban J connectivity index is 2.07. The molecule has 0 unspecified atom stereocenters. The molecule has 0 aliphatic carbocycles. The van der Waals surface area contributed by atoms with Crippen molar-refractivity contribution in [1.82, 2.24) is 15.1 Å². The molecule has 0 bridgehead atoms. The zero-order valence-corrected chi connectivity index (χ0v) is 13.1. The van der Waals surface area contributed by atoms with Crippen LogP contribution in [0, 0.1) is 0 Å². The molecule has 0 aliphatic rings. The van der Waals surface area contributed by atoms with Crippen LogP contribution in [0.3, 0.4) is 0 Å². The van der Waals surface area contributed by atoms with Crippen molar-refractivity contribution >= 4 is 31.9 Å². The molecule has 2 heterocycles. The molecule has 3 rings (SSSR count). The first-order valence-electron chi connectivity index (χ1n) is 5.58. The van der Waals surface area contributed by atoms with Crippen LogP contribution < -0.4 is 0 Å². The van der Waals surface area contributed by atoms with Crippen LogP contribution in [-0.2, 0) is 0 Å². The molecule has 3 aromatic rings. The van der Waals surface area contributed by atoms with Gasteiger partial charge in [-0.3, -0.25) is 4.98 Å². The maximum absolute atomic E-state index is 9.85. The van der Waals surface area contributed by atoms with Crippen molar-refractivity contribution in [2.75, 3.05) is 0 Å². The number of nitrogens with zero attached hydrogens (tertiary/aromatic N) is 3. The monoisotopic (exact) mass is 395 g/mol. The second-order valence-electron chi connectivity index (χ2n) is 3.92. The zero-order valence-electron chi connectivity index (χ0n) is 9.92. The van der Waals surface area contributed by atoms with Gasteiger partial charge < -0.3 is 9.63 Å². The zero-order chi connectivity index (χ0) is 14.1. The van der Waals surface area contributed by atoms with Gasteiger partial charge in [-0.2, -0.15) is 4.98 Å². The minimum atomic E-state index is 0.0727. The molecule has 0 spiro atoms. The molecule has 0 amide bonds. The topological polar surface area (TPSA) is 72.0 Å². The van der Waals surface area contributed by atoms with E-state index in [1.165, 1.54) is 0 Å². The number of hydrogen-bond donors (Lipinski definition) is 1. The fourth-order valence-electron chi connectivity index (χ4n) is 1.66. The standard InChI is InChI=1S/C13H7Br2N3O2/c14-7-3-4-10(19)8(6-7)13-17-12(18-20-13)11-9(15)2-1-5-16-11/h1-6,19H. The molecule has 0 fully saturated rings. The van der Waals surface area contributed by atoms with Gasteiger partial charge in [0.25, 0.3) is 5.89 Å². The Kier molecular flexibility index (Phi) is 3.54. The largest absolute Gasteiger partial charge is 0.507 e. The molecule has 0 saturated carbocycles. The Morgan fingerprint density at radius 2 is 2.00 bits per heavy atom.